The number of aliphatic carboxylic acids is 1. The van der Waals surface area contributed by atoms with Gasteiger partial charge in [0.15, 0.2) is 23.1 Å². The quantitative estimate of drug-likeness (QED) is 0.138. The van der Waals surface area contributed by atoms with E-state index in [9.17, 15) is 23.9 Å². The molecule has 0 bridgehead atoms. The van der Waals surface area contributed by atoms with Gasteiger partial charge in [0.2, 0.25) is 5.51 Å². The molecular weight excluding hydrogens is 543 g/mol. The topological polar surface area (TPSA) is 154 Å². The maximum absolute atomic E-state index is 13.1. The molecule has 3 N–H and O–H groups in total. The van der Waals surface area contributed by atoms with E-state index in [0.29, 0.717) is 17.9 Å². The highest BCUT2D eigenvalue weighted by atomic mass is 32.2. The maximum Gasteiger partial charge on any atom is 0.276 e. The lowest BCUT2D eigenvalue weighted by molar-refractivity contribution is -0.692. The van der Waals surface area contributed by atoms with E-state index in [0.717, 1.165) is 37.0 Å². The smallest absolute Gasteiger partial charge is 0.276 e. The minimum atomic E-state index is -1.43. The zero-order valence-electron chi connectivity index (χ0n) is 19.5. The normalized spacial score (nSPS) is 21.3. The number of alkyl halides is 1. The molecule has 2 aromatic rings. The van der Waals surface area contributed by atoms with Gasteiger partial charge in [0, 0.05) is 23.1 Å². The number of oxime groups is 1. The van der Waals surface area contributed by atoms with Crippen molar-refractivity contribution in [1.82, 2.24) is 15.2 Å². The molecule has 0 radical (unpaired) electrons. The first-order valence-corrected chi connectivity index (χ1v) is 14.3. The number of anilines is 1. The summed E-state index contributed by atoms with van der Waals surface area (Å²) < 4.78 is 14.5. The molecule has 1 saturated heterocycles. The van der Waals surface area contributed by atoms with Crippen molar-refractivity contribution in [3.63, 3.8) is 0 Å². The Balaban J connectivity index is 1.34. The van der Waals surface area contributed by atoms with Gasteiger partial charge in [-0.3, -0.25) is 14.5 Å². The Morgan fingerprint density at radius 2 is 2.16 bits per heavy atom. The predicted molar refractivity (Wildman–Crippen MR) is 133 cm³/mol. The fourth-order valence-electron chi connectivity index (χ4n) is 4.57. The summed E-state index contributed by atoms with van der Waals surface area (Å²) in [5.74, 6) is -2.40. The number of nitrogen functional groups attached to an aromatic ring is 1. The molecule has 3 aliphatic rings. The summed E-state index contributed by atoms with van der Waals surface area (Å²) in [5, 5.41) is 19.5. The summed E-state index contributed by atoms with van der Waals surface area (Å²) in [6.45, 7) is -0.804. The number of thioether (sulfide) groups is 1. The third-order valence-electron chi connectivity index (χ3n) is 6.25. The number of aryl methyl sites for hydroxylation is 1. The average molecular weight is 567 g/mol. The van der Waals surface area contributed by atoms with Gasteiger partial charge in [-0.2, -0.15) is 4.57 Å². The van der Waals surface area contributed by atoms with Crippen LogP contribution in [0.4, 0.5) is 9.52 Å². The van der Waals surface area contributed by atoms with E-state index in [-0.39, 0.29) is 28.8 Å². The number of β-lactam (4-membered cyclic amide) rings is 1. The third-order valence-corrected chi connectivity index (χ3v) is 9.35. The monoisotopic (exact) mass is 566 g/mol. The van der Waals surface area contributed by atoms with E-state index in [4.69, 9.17) is 10.6 Å². The van der Waals surface area contributed by atoms with Crippen LogP contribution in [0.15, 0.2) is 27.3 Å². The fourth-order valence-corrected chi connectivity index (χ4v) is 7.53. The van der Waals surface area contributed by atoms with Gasteiger partial charge in [0.25, 0.3) is 11.8 Å². The van der Waals surface area contributed by atoms with Gasteiger partial charge in [0.1, 0.15) is 30.4 Å². The molecule has 0 spiro atoms. The van der Waals surface area contributed by atoms with Crippen molar-refractivity contribution in [3.05, 3.63) is 38.4 Å². The number of carbonyl (C=O) groups excluding carboxylic acids is 3. The van der Waals surface area contributed by atoms with Crippen molar-refractivity contribution in [3.8, 4) is 0 Å². The van der Waals surface area contributed by atoms with Gasteiger partial charge in [-0.25, -0.2) is 9.37 Å². The molecule has 2 atom stereocenters. The van der Waals surface area contributed by atoms with Crippen LogP contribution in [-0.2, 0) is 38.6 Å². The van der Waals surface area contributed by atoms with Gasteiger partial charge in [0.05, 0.1) is 16.5 Å². The Morgan fingerprint density at radius 1 is 1.35 bits per heavy atom. The number of carboxylic acids is 1. The highest BCUT2D eigenvalue weighted by Crippen LogP contribution is 2.40. The molecule has 196 valence electrons. The lowest BCUT2D eigenvalue weighted by atomic mass is 10.0. The number of rotatable bonds is 9. The van der Waals surface area contributed by atoms with Crippen molar-refractivity contribution in [1.29, 1.82) is 0 Å². The van der Waals surface area contributed by atoms with E-state index >= 15 is 0 Å². The largest absolute Gasteiger partial charge is 0.543 e. The number of hydrogen-bond acceptors (Lipinski definition) is 11. The van der Waals surface area contributed by atoms with Crippen LogP contribution in [0.3, 0.4) is 0 Å². The van der Waals surface area contributed by atoms with Crippen LogP contribution in [0.1, 0.15) is 29.1 Å². The van der Waals surface area contributed by atoms with Crippen LogP contribution in [0.2, 0.25) is 0 Å². The number of amides is 2. The predicted octanol–water partition coefficient (Wildman–Crippen LogP) is -0.253. The Labute approximate surface area is 223 Å². The van der Waals surface area contributed by atoms with Crippen LogP contribution >= 0.6 is 34.4 Å². The first kappa shape index (κ1) is 25.6. The highest BCUT2D eigenvalue weighted by molar-refractivity contribution is 8.00. The standard InChI is InChI=1S/C22H23FN6O5S3/c23-5-6-34-27-15(12-9-36-22(24)25-12)18(30)26-16-19(31)29-17(21(32)33)11(8-35-20(16)29)7-28-10-37-14-4-2-1-3-13(14)28/h9-10,16,20H,1-8H2,(H3-,24,25,26,30,32,33)/b27-15-/t16-,20-/m1/s1. The molecule has 4 heterocycles. The summed E-state index contributed by atoms with van der Waals surface area (Å²) in [7, 11) is 0. The Kier molecular flexibility index (Phi) is 7.44. The van der Waals surface area contributed by atoms with Crippen LogP contribution < -0.4 is 20.7 Å². The van der Waals surface area contributed by atoms with E-state index in [2.05, 4.69) is 20.0 Å². The number of nitrogens with two attached hydrogens (primary N) is 1. The Morgan fingerprint density at radius 3 is 2.89 bits per heavy atom. The van der Waals surface area contributed by atoms with E-state index in [1.54, 1.807) is 11.3 Å². The molecule has 1 fully saturated rings. The Bertz CT molecular complexity index is 1310. The number of nitrogens with one attached hydrogen (secondary N) is 1. The van der Waals surface area contributed by atoms with Crippen molar-refractivity contribution in [2.75, 3.05) is 24.8 Å². The molecular formula is C22H23FN6O5S3. The number of halogens is 1. The van der Waals surface area contributed by atoms with Gasteiger partial charge in [-0.05, 0) is 19.3 Å². The molecule has 15 heteroatoms. The molecule has 0 aromatic carbocycles. The zero-order valence-corrected chi connectivity index (χ0v) is 21.9. The first-order chi connectivity index (χ1) is 17.9. The second-order valence-electron chi connectivity index (χ2n) is 8.56. The minimum Gasteiger partial charge on any atom is -0.543 e. The molecule has 37 heavy (non-hydrogen) atoms. The van der Waals surface area contributed by atoms with Crippen molar-refractivity contribution in [2.45, 2.75) is 43.6 Å². The maximum atomic E-state index is 13.1. The number of aromatic nitrogens is 2. The van der Waals surface area contributed by atoms with E-state index in [1.807, 2.05) is 5.51 Å². The van der Waals surface area contributed by atoms with Gasteiger partial charge in [-0.15, -0.1) is 23.1 Å². The van der Waals surface area contributed by atoms with Gasteiger partial charge >= 0.3 is 0 Å². The van der Waals surface area contributed by atoms with Crippen LogP contribution in [-0.4, -0.2) is 63.8 Å². The second kappa shape index (κ2) is 10.8. The molecule has 1 aliphatic carbocycles. The number of hydrogen-bond donors (Lipinski definition) is 2. The van der Waals surface area contributed by atoms with Gasteiger partial charge in [-0.1, -0.05) is 16.5 Å². The van der Waals surface area contributed by atoms with Crippen molar-refractivity contribution >= 4 is 63.1 Å². The lowest BCUT2D eigenvalue weighted by Crippen LogP contribution is -2.71. The fraction of sp³-hybridized carbons (Fsp3) is 0.455. The molecule has 0 unspecified atom stereocenters. The SMILES string of the molecule is Nc1nc(/C(=N/OCCF)C(=O)N[C@@H]2C(=O)N3C(C(=O)[O-])=C(C[n+]4csc5c4CCCC5)CS[C@H]23)cs1. The number of thiazole rings is 2. The zero-order chi connectivity index (χ0) is 26.1. The number of fused-ring (bicyclic) bond motifs is 2. The van der Waals surface area contributed by atoms with Crippen LogP contribution in [0, 0.1) is 0 Å². The minimum absolute atomic E-state index is 0.118. The first-order valence-electron chi connectivity index (χ1n) is 11.5. The van der Waals surface area contributed by atoms with E-state index < -0.39 is 35.9 Å². The summed E-state index contributed by atoms with van der Waals surface area (Å²) in [5.41, 5.74) is 9.18. The summed E-state index contributed by atoms with van der Waals surface area (Å²) in [4.78, 5) is 49.5. The lowest BCUT2D eigenvalue weighted by Gasteiger charge is -2.50. The molecule has 2 aromatic heterocycles. The molecule has 11 nitrogen and oxygen atoms in total. The van der Waals surface area contributed by atoms with Crippen molar-refractivity contribution < 1.29 is 33.3 Å². The van der Waals surface area contributed by atoms with Crippen LogP contribution in [0.25, 0.3) is 0 Å². The summed E-state index contributed by atoms with van der Waals surface area (Å²) in [6, 6.07) is -0.989. The highest BCUT2D eigenvalue weighted by Gasteiger charge is 2.53. The Hall–Kier alpha value is -3.04. The van der Waals surface area contributed by atoms with Gasteiger partial charge < -0.3 is 25.8 Å². The summed E-state index contributed by atoms with van der Waals surface area (Å²) in [6.07, 6.45) is 4.22. The summed E-state index contributed by atoms with van der Waals surface area (Å²) >= 11 is 4.11. The second-order valence-corrected chi connectivity index (χ2v) is 11.5. The third kappa shape index (κ3) is 4.94. The number of carbonyl (C=O) groups is 3. The van der Waals surface area contributed by atoms with Crippen LogP contribution in [0.5, 0.6) is 0 Å². The number of carboxylic acid groups (broad SMARTS) is 1. The molecule has 5 rings (SSSR count). The number of nitrogens with zero attached hydrogens (tertiary/aromatic N) is 4. The average Bonchev–Trinajstić information content (AvgIpc) is 3.50. The van der Waals surface area contributed by atoms with Crippen molar-refractivity contribution in [2.24, 2.45) is 5.16 Å². The molecule has 2 aliphatic heterocycles. The van der Waals surface area contributed by atoms with E-state index in [1.165, 1.54) is 32.6 Å². The molecule has 2 amide bonds. The molecule has 0 saturated carbocycles.